The lowest BCUT2D eigenvalue weighted by atomic mass is 9.98. The van der Waals surface area contributed by atoms with E-state index < -0.39 is 0 Å². The van der Waals surface area contributed by atoms with Gasteiger partial charge in [-0.2, -0.15) is 11.3 Å². The summed E-state index contributed by atoms with van der Waals surface area (Å²) in [5.41, 5.74) is 1.64. The quantitative estimate of drug-likeness (QED) is 0.867. The zero-order valence-corrected chi connectivity index (χ0v) is 14.1. The zero-order chi connectivity index (χ0) is 15.0. The smallest absolute Gasteiger partial charge is 0.241 e. The minimum absolute atomic E-state index is 0.0208. The Morgan fingerprint density at radius 3 is 2.76 bits per heavy atom. The van der Waals surface area contributed by atoms with Gasteiger partial charge in [0.1, 0.15) is 6.17 Å². The molecule has 4 heteroatoms. The van der Waals surface area contributed by atoms with Gasteiger partial charge < -0.3 is 4.90 Å². The van der Waals surface area contributed by atoms with Gasteiger partial charge in [0.2, 0.25) is 5.91 Å². The van der Waals surface area contributed by atoms with Crippen molar-refractivity contribution >= 4 is 17.2 Å². The van der Waals surface area contributed by atoms with Crippen molar-refractivity contribution in [2.24, 2.45) is 11.3 Å². The molecule has 1 aromatic heterocycles. The molecular formula is C17H26N2OS. The molecule has 2 aliphatic rings. The first kappa shape index (κ1) is 15.0. The molecule has 3 atom stereocenters. The lowest BCUT2D eigenvalue weighted by Crippen LogP contribution is -2.37. The van der Waals surface area contributed by atoms with Crippen LogP contribution in [0.1, 0.15) is 58.2 Å². The van der Waals surface area contributed by atoms with Gasteiger partial charge in [-0.05, 0) is 53.0 Å². The third kappa shape index (κ3) is 2.76. The first-order chi connectivity index (χ1) is 10.1. The molecule has 3 nitrogen and oxygen atoms in total. The van der Waals surface area contributed by atoms with Crippen molar-refractivity contribution in [1.29, 1.82) is 0 Å². The largest absolute Gasteiger partial charge is 0.321 e. The Labute approximate surface area is 131 Å². The molecule has 0 aromatic carbocycles. The minimum atomic E-state index is -0.0208. The summed E-state index contributed by atoms with van der Waals surface area (Å²) in [7, 11) is 0. The highest BCUT2D eigenvalue weighted by molar-refractivity contribution is 7.07. The third-order valence-corrected chi connectivity index (χ3v) is 6.18. The Balaban J connectivity index is 1.83. The summed E-state index contributed by atoms with van der Waals surface area (Å²) in [5.74, 6) is 0.695. The maximum atomic E-state index is 12.9. The van der Waals surface area contributed by atoms with Gasteiger partial charge in [-0.1, -0.05) is 27.2 Å². The van der Waals surface area contributed by atoms with Gasteiger partial charge >= 0.3 is 0 Å². The van der Waals surface area contributed by atoms with E-state index in [4.69, 9.17) is 0 Å². The van der Waals surface area contributed by atoms with Crippen LogP contribution in [0.15, 0.2) is 16.8 Å². The van der Waals surface area contributed by atoms with E-state index in [9.17, 15) is 4.79 Å². The number of carbonyl (C=O) groups is 1. The maximum absolute atomic E-state index is 12.9. The highest BCUT2D eigenvalue weighted by Crippen LogP contribution is 2.50. The van der Waals surface area contributed by atoms with Crippen molar-refractivity contribution in [3.63, 3.8) is 0 Å². The van der Waals surface area contributed by atoms with Gasteiger partial charge in [0.25, 0.3) is 0 Å². The molecule has 0 spiro atoms. The highest BCUT2D eigenvalue weighted by Gasteiger charge is 2.49. The monoisotopic (exact) mass is 306 g/mol. The van der Waals surface area contributed by atoms with Crippen LogP contribution in [0.5, 0.6) is 0 Å². The van der Waals surface area contributed by atoms with Crippen LogP contribution in [-0.4, -0.2) is 23.4 Å². The Morgan fingerprint density at radius 1 is 1.48 bits per heavy atom. The van der Waals surface area contributed by atoms with Gasteiger partial charge in [-0.3, -0.25) is 10.1 Å². The van der Waals surface area contributed by atoms with Gasteiger partial charge in [-0.25, -0.2) is 0 Å². The van der Waals surface area contributed by atoms with Gasteiger partial charge in [0, 0.05) is 6.54 Å². The van der Waals surface area contributed by atoms with Crippen molar-refractivity contribution in [2.75, 3.05) is 6.54 Å². The number of nitrogens with one attached hydrogen (secondary N) is 1. The zero-order valence-electron chi connectivity index (χ0n) is 13.3. The molecule has 1 aliphatic carbocycles. The molecule has 2 heterocycles. The Bertz CT molecular complexity index is 495. The maximum Gasteiger partial charge on any atom is 0.241 e. The van der Waals surface area contributed by atoms with Crippen LogP contribution in [0.25, 0.3) is 0 Å². The van der Waals surface area contributed by atoms with Crippen molar-refractivity contribution in [2.45, 2.75) is 58.7 Å². The molecule has 1 N–H and O–H groups in total. The molecule has 2 fully saturated rings. The second-order valence-corrected chi connectivity index (χ2v) is 7.59. The molecule has 21 heavy (non-hydrogen) atoms. The standard InChI is InChI=1S/C17H26N2OS/c1-4-12(3)14-16(20)19(11-17(5-2)7-8-17)15(18-14)13-6-9-21-10-13/h6,9-10,12,14-15,18H,4-5,7-8,11H2,1-3H3. The van der Waals surface area contributed by atoms with E-state index in [-0.39, 0.29) is 12.2 Å². The molecule has 1 saturated carbocycles. The van der Waals surface area contributed by atoms with Crippen LogP contribution < -0.4 is 5.32 Å². The predicted octanol–water partition coefficient (Wildman–Crippen LogP) is 3.78. The topological polar surface area (TPSA) is 32.3 Å². The summed E-state index contributed by atoms with van der Waals surface area (Å²) in [6, 6.07) is 2.13. The molecule has 3 unspecified atom stereocenters. The van der Waals surface area contributed by atoms with Crippen LogP contribution in [0.3, 0.4) is 0 Å². The fourth-order valence-electron chi connectivity index (χ4n) is 3.32. The van der Waals surface area contributed by atoms with E-state index in [1.165, 1.54) is 24.8 Å². The molecule has 1 amide bonds. The summed E-state index contributed by atoms with van der Waals surface area (Å²) < 4.78 is 0. The summed E-state index contributed by atoms with van der Waals surface area (Å²) in [5, 5.41) is 7.87. The van der Waals surface area contributed by atoms with Crippen LogP contribution in [0, 0.1) is 11.3 Å². The Morgan fingerprint density at radius 2 is 2.24 bits per heavy atom. The number of thiophene rings is 1. The molecule has 116 valence electrons. The molecule has 1 saturated heterocycles. The number of hydrogen-bond acceptors (Lipinski definition) is 3. The molecule has 0 radical (unpaired) electrons. The average Bonchev–Trinajstić information content (AvgIpc) is 2.92. The molecule has 0 bridgehead atoms. The van der Waals surface area contributed by atoms with E-state index in [2.05, 4.69) is 47.8 Å². The van der Waals surface area contributed by atoms with Crippen LogP contribution in [-0.2, 0) is 4.79 Å². The van der Waals surface area contributed by atoms with E-state index in [1.54, 1.807) is 11.3 Å². The fraction of sp³-hybridized carbons (Fsp3) is 0.706. The number of carbonyl (C=O) groups excluding carboxylic acids is 1. The minimum Gasteiger partial charge on any atom is -0.321 e. The molecule has 3 rings (SSSR count). The fourth-order valence-corrected chi connectivity index (χ4v) is 4.00. The number of hydrogen-bond donors (Lipinski definition) is 1. The van der Waals surface area contributed by atoms with Crippen molar-refractivity contribution in [3.8, 4) is 0 Å². The highest BCUT2D eigenvalue weighted by atomic mass is 32.1. The Hall–Kier alpha value is -0.870. The lowest BCUT2D eigenvalue weighted by Gasteiger charge is -2.28. The van der Waals surface area contributed by atoms with Crippen molar-refractivity contribution in [1.82, 2.24) is 10.2 Å². The van der Waals surface area contributed by atoms with Crippen LogP contribution in [0.2, 0.25) is 0 Å². The first-order valence-corrected chi connectivity index (χ1v) is 9.13. The van der Waals surface area contributed by atoms with E-state index in [1.807, 2.05) is 0 Å². The van der Waals surface area contributed by atoms with Crippen LogP contribution in [0.4, 0.5) is 0 Å². The van der Waals surface area contributed by atoms with E-state index in [0.29, 0.717) is 17.2 Å². The number of rotatable bonds is 6. The summed E-state index contributed by atoms with van der Waals surface area (Å²) in [6.07, 6.45) is 4.84. The average molecular weight is 306 g/mol. The second kappa shape index (κ2) is 5.73. The van der Waals surface area contributed by atoms with E-state index in [0.717, 1.165) is 13.0 Å². The summed E-state index contributed by atoms with van der Waals surface area (Å²) >= 11 is 1.71. The van der Waals surface area contributed by atoms with Gasteiger partial charge in [0.15, 0.2) is 0 Å². The molecular weight excluding hydrogens is 280 g/mol. The molecule has 1 aromatic rings. The predicted molar refractivity (Wildman–Crippen MR) is 87.1 cm³/mol. The van der Waals surface area contributed by atoms with E-state index >= 15 is 0 Å². The lowest BCUT2D eigenvalue weighted by molar-refractivity contribution is -0.131. The number of nitrogens with zero attached hydrogens (tertiary/aromatic N) is 1. The SMILES string of the molecule is CCC(C)C1NC(c2ccsc2)N(CC2(CC)CC2)C1=O. The second-order valence-electron chi connectivity index (χ2n) is 6.81. The summed E-state index contributed by atoms with van der Waals surface area (Å²) in [6.45, 7) is 7.52. The van der Waals surface area contributed by atoms with Crippen molar-refractivity contribution in [3.05, 3.63) is 22.4 Å². The Kier molecular flexibility index (Phi) is 4.10. The van der Waals surface area contributed by atoms with Gasteiger partial charge in [0.05, 0.1) is 6.04 Å². The number of amides is 1. The van der Waals surface area contributed by atoms with Crippen LogP contribution >= 0.6 is 11.3 Å². The van der Waals surface area contributed by atoms with Crippen molar-refractivity contribution < 1.29 is 4.79 Å². The normalized spacial score (nSPS) is 28.9. The summed E-state index contributed by atoms with van der Waals surface area (Å²) in [4.78, 5) is 15.0. The van der Waals surface area contributed by atoms with Gasteiger partial charge in [-0.15, -0.1) is 0 Å². The third-order valence-electron chi connectivity index (χ3n) is 5.48. The molecule has 1 aliphatic heterocycles. The first-order valence-electron chi connectivity index (χ1n) is 8.19.